The van der Waals surface area contributed by atoms with E-state index in [9.17, 15) is 4.79 Å². The van der Waals surface area contributed by atoms with Crippen molar-refractivity contribution < 1.29 is 9.53 Å². The summed E-state index contributed by atoms with van der Waals surface area (Å²) in [6.07, 6.45) is -0.156. The summed E-state index contributed by atoms with van der Waals surface area (Å²) in [6, 6.07) is 12.7. The van der Waals surface area contributed by atoms with Gasteiger partial charge in [0.05, 0.1) is 23.3 Å². The number of aromatic nitrogens is 2. The number of ketones is 1. The number of aliphatic imine (C=N–C) groups is 1. The number of benzene rings is 2. The molecule has 2 unspecified atom stereocenters. The Morgan fingerprint density at radius 3 is 2.50 bits per heavy atom. The fourth-order valence-electron chi connectivity index (χ4n) is 4.61. The highest BCUT2D eigenvalue weighted by Crippen LogP contribution is 2.49. The minimum atomic E-state index is -0.585. The Bertz CT molecular complexity index is 1350. The average Bonchev–Trinajstić information content (AvgIpc) is 3.05. The van der Waals surface area contributed by atoms with E-state index in [0.29, 0.717) is 34.1 Å². The second kappa shape index (κ2) is 7.27. The van der Waals surface area contributed by atoms with Gasteiger partial charge in [0.25, 0.3) is 6.04 Å². The van der Waals surface area contributed by atoms with Crippen LogP contribution in [0, 0.1) is 6.57 Å². The number of carbonyl (C=O) groups excluding carboxylic acids is 1. The molecule has 1 aliphatic carbocycles. The van der Waals surface area contributed by atoms with Crippen molar-refractivity contribution in [2.75, 3.05) is 5.73 Å². The molecule has 2 N–H and O–H groups in total. The molecule has 7 nitrogen and oxygen atoms in total. The van der Waals surface area contributed by atoms with Gasteiger partial charge in [-0.2, -0.15) is 9.97 Å². The Morgan fingerprint density at radius 1 is 1.06 bits per heavy atom. The summed E-state index contributed by atoms with van der Waals surface area (Å²) in [5.74, 6) is 0.335. The lowest BCUT2D eigenvalue weighted by molar-refractivity contribution is 0.104. The molecule has 0 spiro atoms. The van der Waals surface area contributed by atoms with Crippen LogP contribution in [0.15, 0.2) is 47.5 Å². The molecule has 0 saturated heterocycles. The van der Waals surface area contributed by atoms with Crippen LogP contribution in [0.4, 0.5) is 11.8 Å². The number of anilines is 1. The van der Waals surface area contributed by atoms with Gasteiger partial charge in [-0.1, -0.05) is 42.5 Å². The quantitative estimate of drug-likeness (QED) is 0.487. The van der Waals surface area contributed by atoms with Gasteiger partial charge in [-0.25, -0.2) is 11.6 Å². The summed E-state index contributed by atoms with van der Waals surface area (Å²) in [7, 11) is 0. The first-order valence-corrected chi connectivity index (χ1v) is 10.4. The predicted molar refractivity (Wildman–Crippen MR) is 123 cm³/mol. The van der Waals surface area contributed by atoms with E-state index < -0.39 is 12.0 Å². The van der Waals surface area contributed by atoms with Crippen LogP contribution in [0.5, 0.6) is 5.88 Å². The predicted octanol–water partition coefficient (Wildman–Crippen LogP) is 4.58. The second-order valence-corrected chi connectivity index (χ2v) is 8.24. The number of hydrogen-bond donors (Lipinski definition) is 1. The van der Waals surface area contributed by atoms with Gasteiger partial charge in [-0.3, -0.25) is 4.79 Å². The van der Waals surface area contributed by atoms with Crippen LogP contribution in [0.2, 0.25) is 0 Å². The molecule has 0 saturated carbocycles. The lowest BCUT2D eigenvalue weighted by atomic mass is 9.78. The number of nitrogen functional groups attached to an aromatic ring is 1. The van der Waals surface area contributed by atoms with Crippen molar-refractivity contribution in [2.45, 2.75) is 38.8 Å². The maximum Gasteiger partial charge on any atom is 0.272 e. The molecule has 1 aliphatic heterocycles. The molecule has 32 heavy (non-hydrogen) atoms. The van der Waals surface area contributed by atoms with Crippen molar-refractivity contribution in [3.63, 3.8) is 0 Å². The first-order valence-electron chi connectivity index (χ1n) is 10.4. The van der Waals surface area contributed by atoms with Gasteiger partial charge in [0.1, 0.15) is 0 Å². The van der Waals surface area contributed by atoms with Crippen molar-refractivity contribution in [3.8, 4) is 17.0 Å². The molecule has 2 atom stereocenters. The van der Waals surface area contributed by atoms with Crippen LogP contribution in [-0.4, -0.2) is 33.6 Å². The molecule has 1 aromatic heterocycles. The Kier molecular flexibility index (Phi) is 4.52. The number of nitrogens with two attached hydrogens (primary N) is 1. The lowest BCUT2D eigenvalue weighted by Crippen LogP contribution is -2.29. The van der Waals surface area contributed by atoms with Gasteiger partial charge in [0, 0.05) is 11.1 Å². The molecule has 3 aromatic rings. The van der Waals surface area contributed by atoms with E-state index in [1.54, 1.807) is 0 Å². The number of carbonyl (C=O) groups is 1. The standard InChI is InChI=1S/C25H21N5O2/c1-12(2)32-24-20-19(21(27-4)13(3)28-23(20)29-25(26)30-24)16-10-7-11-17-18(16)14-8-5-6-9-15(14)22(17)31/h5-12,19,21H,1-3H3,(H2,26,29,30). The zero-order valence-corrected chi connectivity index (χ0v) is 18.0. The fraction of sp³-hybridized carbons (Fsp3) is 0.240. The summed E-state index contributed by atoms with van der Waals surface area (Å²) in [4.78, 5) is 30.3. The zero-order chi connectivity index (χ0) is 22.6. The molecule has 2 aliphatic rings. The van der Waals surface area contributed by atoms with Crippen LogP contribution in [0.1, 0.15) is 53.7 Å². The molecule has 0 amide bonds. The minimum Gasteiger partial charge on any atom is -0.475 e. The molecule has 2 heterocycles. The summed E-state index contributed by atoms with van der Waals surface area (Å²) in [5, 5.41) is 0. The SMILES string of the molecule is [C-]#[N+]C1C(C)=Nc2nc(N)nc(OC(C)C)c2C1c1cccc2c1-c1ccccc1C2=O. The van der Waals surface area contributed by atoms with Crippen LogP contribution < -0.4 is 10.5 Å². The van der Waals surface area contributed by atoms with E-state index in [4.69, 9.17) is 17.0 Å². The van der Waals surface area contributed by atoms with E-state index in [1.165, 1.54) is 0 Å². The lowest BCUT2D eigenvalue weighted by Gasteiger charge is -2.28. The highest BCUT2D eigenvalue weighted by atomic mass is 16.5. The van der Waals surface area contributed by atoms with E-state index in [1.807, 2.05) is 63.2 Å². The largest absolute Gasteiger partial charge is 0.475 e. The summed E-state index contributed by atoms with van der Waals surface area (Å²) in [5.41, 5.74) is 11.1. The second-order valence-electron chi connectivity index (χ2n) is 8.24. The number of rotatable bonds is 3. The van der Waals surface area contributed by atoms with Crippen molar-refractivity contribution >= 4 is 23.3 Å². The van der Waals surface area contributed by atoms with Gasteiger partial charge in [0.2, 0.25) is 11.8 Å². The van der Waals surface area contributed by atoms with Crippen LogP contribution in [0.25, 0.3) is 16.0 Å². The Morgan fingerprint density at radius 2 is 1.78 bits per heavy atom. The topological polar surface area (TPSA) is 94.8 Å². The first kappa shape index (κ1) is 19.9. The molecular weight excluding hydrogens is 402 g/mol. The Hall–Kier alpha value is -4.05. The highest BCUT2D eigenvalue weighted by molar-refractivity contribution is 6.22. The average molecular weight is 423 g/mol. The van der Waals surface area contributed by atoms with Gasteiger partial charge in [-0.15, -0.1) is 0 Å². The molecule has 158 valence electrons. The number of nitrogens with zero attached hydrogens (tertiary/aromatic N) is 4. The van der Waals surface area contributed by atoms with E-state index in [0.717, 1.165) is 16.7 Å². The molecule has 0 radical (unpaired) electrons. The van der Waals surface area contributed by atoms with E-state index in [2.05, 4.69) is 19.8 Å². The third kappa shape index (κ3) is 2.88. The van der Waals surface area contributed by atoms with Crippen molar-refractivity contribution in [1.29, 1.82) is 0 Å². The maximum absolute atomic E-state index is 13.1. The van der Waals surface area contributed by atoms with Crippen LogP contribution in [-0.2, 0) is 0 Å². The third-order valence-electron chi connectivity index (χ3n) is 5.85. The van der Waals surface area contributed by atoms with Crippen molar-refractivity contribution in [3.05, 3.63) is 76.1 Å². The smallest absolute Gasteiger partial charge is 0.272 e. The fourth-order valence-corrected chi connectivity index (χ4v) is 4.61. The molecule has 0 fully saturated rings. The van der Waals surface area contributed by atoms with Crippen molar-refractivity contribution in [1.82, 2.24) is 9.97 Å². The van der Waals surface area contributed by atoms with Gasteiger partial charge < -0.3 is 15.3 Å². The monoisotopic (exact) mass is 423 g/mol. The Balaban J connectivity index is 1.83. The normalized spacial score (nSPS) is 18.5. The zero-order valence-electron chi connectivity index (χ0n) is 18.0. The molecule has 7 heteroatoms. The highest BCUT2D eigenvalue weighted by Gasteiger charge is 2.44. The molecule has 5 rings (SSSR count). The van der Waals surface area contributed by atoms with Crippen molar-refractivity contribution in [2.24, 2.45) is 4.99 Å². The summed E-state index contributed by atoms with van der Waals surface area (Å²) >= 11 is 0. The number of hydrogen-bond acceptors (Lipinski definition) is 6. The maximum atomic E-state index is 13.1. The molecule has 0 bridgehead atoms. The number of ether oxygens (including phenoxy) is 1. The Labute approximate surface area is 185 Å². The molecular formula is C25H21N5O2. The van der Waals surface area contributed by atoms with Crippen LogP contribution in [0.3, 0.4) is 0 Å². The van der Waals surface area contributed by atoms with Gasteiger partial charge >= 0.3 is 0 Å². The number of fused-ring (bicyclic) bond motifs is 4. The molecule has 2 aromatic carbocycles. The van der Waals surface area contributed by atoms with E-state index in [-0.39, 0.29) is 17.8 Å². The summed E-state index contributed by atoms with van der Waals surface area (Å²) in [6.45, 7) is 13.6. The van der Waals surface area contributed by atoms with Crippen LogP contribution >= 0.6 is 0 Å². The first-order chi connectivity index (χ1) is 15.4. The minimum absolute atomic E-state index is 0.00885. The third-order valence-corrected chi connectivity index (χ3v) is 5.85. The van der Waals surface area contributed by atoms with E-state index >= 15 is 0 Å². The van der Waals surface area contributed by atoms with Gasteiger partial charge in [0.15, 0.2) is 11.6 Å². The summed E-state index contributed by atoms with van der Waals surface area (Å²) < 4.78 is 6.01. The van der Waals surface area contributed by atoms with Gasteiger partial charge in [-0.05, 0) is 37.5 Å².